The number of carbonyl (C=O) groups is 1. The number of hydrogen-bond acceptors (Lipinski definition) is 4. The summed E-state index contributed by atoms with van der Waals surface area (Å²) in [4.78, 5) is 11.2. The van der Waals surface area contributed by atoms with Gasteiger partial charge in [-0.1, -0.05) is 0 Å². The number of anilines is 1. The van der Waals surface area contributed by atoms with E-state index >= 15 is 0 Å². The van der Waals surface area contributed by atoms with Crippen LogP contribution < -0.4 is 15.8 Å². The van der Waals surface area contributed by atoms with Crippen molar-refractivity contribution in [1.29, 1.82) is 0 Å². The summed E-state index contributed by atoms with van der Waals surface area (Å²) in [7, 11) is 1.54. The van der Waals surface area contributed by atoms with Crippen LogP contribution in [0, 0.1) is 0 Å². The lowest BCUT2D eigenvalue weighted by atomic mass is 10.1. The summed E-state index contributed by atoms with van der Waals surface area (Å²) >= 11 is 2.00. The first kappa shape index (κ1) is 13.1. The van der Waals surface area contributed by atoms with E-state index < -0.39 is 5.91 Å². The summed E-state index contributed by atoms with van der Waals surface area (Å²) < 4.78 is 5.19. The number of thioether (sulfide) groups is 1. The molecule has 3 N–H and O–H groups in total. The molecule has 5 heteroatoms. The molecule has 1 aliphatic heterocycles. The maximum absolute atomic E-state index is 11.2. The van der Waals surface area contributed by atoms with Crippen molar-refractivity contribution in [1.82, 2.24) is 0 Å². The number of ether oxygens (including phenoxy) is 1. The molecule has 18 heavy (non-hydrogen) atoms. The van der Waals surface area contributed by atoms with Crippen molar-refractivity contribution in [2.45, 2.75) is 18.9 Å². The highest BCUT2D eigenvalue weighted by atomic mass is 32.2. The predicted octanol–water partition coefficient (Wildman–Crippen LogP) is 2.10. The molecule has 1 aromatic rings. The third-order valence-electron chi connectivity index (χ3n) is 3.06. The number of carbonyl (C=O) groups excluding carboxylic acids is 1. The number of nitrogens with two attached hydrogens (primary N) is 1. The molecule has 1 saturated heterocycles. The van der Waals surface area contributed by atoms with E-state index in [0.29, 0.717) is 17.4 Å². The normalized spacial score (nSPS) is 16.3. The van der Waals surface area contributed by atoms with Gasteiger partial charge in [-0.2, -0.15) is 11.8 Å². The average Bonchev–Trinajstić information content (AvgIpc) is 2.39. The van der Waals surface area contributed by atoms with E-state index in [-0.39, 0.29) is 0 Å². The van der Waals surface area contributed by atoms with Crippen LogP contribution in [-0.2, 0) is 0 Å². The van der Waals surface area contributed by atoms with E-state index in [1.807, 2.05) is 23.9 Å². The van der Waals surface area contributed by atoms with Crippen LogP contribution in [0.5, 0.6) is 5.75 Å². The van der Waals surface area contributed by atoms with Crippen molar-refractivity contribution >= 4 is 23.4 Å². The second kappa shape index (κ2) is 6.00. The minimum absolute atomic E-state index is 0.419. The number of amides is 1. The fraction of sp³-hybridized carbons (Fsp3) is 0.462. The van der Waals surface area contributed by atoms with Crippen molar-refractivity contribution in [2.75, 3.05) is 23.9 Å². The van der Waals surface area contributed by atoms with Crippen LogP contribution in [0.3, 0.4) is 0 Å². The Kier molecular flexibility index (Phi) is 4.36. The zero-order chi connectivity index (χ0) is 13.0. The van der Waals surface area contributed by atoms with Crippen molar-refractivity contribution < 1.29 is 9.53 Å². The van der Waals surface area contributed by atoms with Gasteiger partial charge in [0.25, 0.3) is 5.91 Å². The van der Waals surface area contributed by atoms with E-state index in [0.717, 1.165) is 5.69 Å². The Morgan fingerprint density at radius 1 is 1.44 bits per heavy atom. The Morgan fingerprint density at radius 3 is 2.78 bits per heavy atom. The van der Waals surface area contributed by atoms with Gasteiger partial charge in [-0.3, -0.25) is 4.79 Å². The maximum atomic E-state index is 11.2. The second-order valence-electron chi connectivity index (χ2n) is 4.31. The molecule has 0 radical (unpaired) electrons. The molecule has 4 nitrogen and oxygen atoms in total. The van der Waals surface area contributed by atoms with E-state index in [9.17, 15) is 4.79 Å². The first-order valence-electron chi connectivity index (χ1n) is 6.03. The first-order chi connectivity index (χ1) is 8.70. The molecule has 0 unspecified atom stereocenters. The maximum Gasteiger partial charge on any atom is 0.252 e. The number of methoxy groups -OCH3 is 1. The summed E-state index contributed by atoms with van der Waals surface area (Å²) in [5, 5.41) is 3.48. The molecule has 0 aromatic heterocycles. The second-order valence-corrected chi connectivity index (χ2v) is 5.54. The molecular weight excluding hydrogens is 248 g/mol. The molecule has 1 aromatic carbocycles. The van der Waals surface area contributed by atoms with Gasteiger partial charge in [-0.05, 0) is 36.5 Å². The van der Waals surface area contributed by atoms with Crippen molar-refractivity contribution in [3.63, 3.8) is 0 Å². The van der Waals surface area contributed by atoms with Gasteiger partial charge in [0.1, 0.15) is 5.75 Å². The van der Waals surface area contributed by atoms with Crippen LogP contribution in [-0.4, -0.2) is 30.6 Å². The smallest absolute Gasteiger partial charge is 0.252 e. The lowest BCUT2D eigenvalue weighted by molar-refractivity contribution is 0.0997. The molecule has 1 amide bonds. The van der Waals surface area contributed by atoms with Crippen molar-refractivity contribution in [2.24, 2.45) is 5.73 Å². The molecule has 0 atom stereocenters. The number of rotatable bonds is 4. The third kappa shape index (κ3) is 3.10. The summed E-state index contributed by atoms with van der Waals surface area (Å²) in [6.45, 7) is 0. The molecule has 1 fully saturated rings. The van der Waals surface area contributed by atoms with Gasteiger partial charge in [-0.25, -0.2) is 0 Å². The highest BCUT2D eigenvalue weighted by molar-refractivity contribution is 7.99. The van der Waals surface area contributed by atoms with Crippen LogP contribution in [0.15, 0.2) is 18.2 Å². The largest absolute Gasteiger partial charge is 0.496 e. The summed E-state index contributed by atoms with van der Waals surface area (Å²) in [6, 6.07) is 5.93. The van der Waals surface area contributed by atoms with E-state index in [4.69, 9.17) is 10.5 Å². The first-order valence-corrected chi connectivity index (χ1v) is 7.18. The van der Waals surface area contributed by atoms with Crippen LogP contribution in [0.1, 0.15) is 23.2 Å². The number of primary amides is 1. The van der Waals surface area contributed by atoms with Crippen LogP contribution in [0.2, 0.25) is 0 Å². The molecule has 0 aliphatic carbocycles. The van der Waals surface area contributed by atoms with Crippen LogP contribution in [0.25, 0.3) is 0 Å². The summed E-state index contributed by atoms with van der Waals surface area (Å²) in [5.41, 5.74) is 6.68. The Hall–Kier alpha value is -1.36. The van der Waals surface area contributed by atoms with Crippen molar-refractivity contribution in [3.05, 3.63) is 23.8 Å². The van der Waals surface area contributed by atoms with E-state index in [2.05, 4.69) is 5.32 Å². The number of nitrogens with one attached hydrogen (secondary N) is 1. The van der Waals surface area contributed by atoms with Crippen LogP contribution in [0.4, 0.5) is 5.69 Å². The fourth-order valence-corrected chi connectivity index (χ4v) is 3.17. The van der Waals surface area contributed by atoms with Gasteiger partial charge in [0.2, 0.25) is 0 Å². The SMILES string of the molecule is COc1cc(NC2CCSCC2)ccc1C(N)=O. The molecule has 1 aliphatic rings. The Labute approximate surface area is 111 Å². The Bertz CT molecular complexity index is 431. The molecule has 2 rings (SSSR count). The minimum Gasteiger partial charge on any atom is -0.496 e. The quantitative estimate of drug-likeness (QED) is 0.876. The molecular formula is C13H18N2O2S. The minimum atomic E-state index is -0.465. The van der Waals surface area contributed by atoms with Crippen molar-refractivity contribution in [3.8, 4) is 5.75 Å². The predicted molar refractivity (Wildman–Crippen MR) is 75.5 cm³/mol. The van der Waals surface area contributed by atoms with Gasteiger partial charge in [0.15, 0.2) is 0 Å². The summed E-state index contributed by atoms with van der Waals surface area (Å²) in [5.74, 6) is 2.47. The lowest BCUT2D eigenvalue weighted by Crippen LogP contribution is -2.24. The zero-order valence-corrected chi connectivity index (χ0v) is 11.3. The monoisotopic (exact) mass is 266 g/mol. The number of hydrogen-bond donors (Lipinski definition) is 2. The highest BCUT2D eigenvalue weighted by Gasteiger charge is 2.15. The summed E-state index contributed by atoms with van der Waals surface area (Å²) in [6.07, 6.45) is 2.34. The highest BCUT2D eigenvalue weighted by Crippen LogP contribution is 2.26. The molecule has 1 heterocycles. The van der Waals surface area contributed by atoms with E-state index in [1.165, 1.54) is 24.3 Å². The molecule has 0 bridgehead atoms. The van der Waals surface area contributed by atoms with Gasteiger partial charge >= 0.3 is 0 Å². The number of benzene rings is 1. The van der Waals surface area contributed by atoms with Gasteiger partial charge < -0.3 is 15.8 Å². The zero-order valence-electron chi connectivity index (χ0n) is 10.4. The van der Waals surface area contributed by atoms with Gasteiger partial charge in [0, 0.05) is 17.8 Å². The third-order valence-corrected chi connectivity index (χ3v) is 4.11. The Balaban J connectivity index is 2.11. The van der Waals surface area contributed by atoms with Gasteiger partial charge in [0.05, 0.1) is 12.7 Å². The lowest BCUT2D eigenvalue weighted by Gasteiger charge is -2.24. The van der Waals surface area contributed by atoms with E-state index in [1.54, 1.807) is 13.2 Å². The molecule has 98 valence electrons. The molecule has 0 spiro atoms. The topological polar surface area (TPSA) is 64.3 Å². The van der Waals surface area contributed by atoms with Crippen LogP contribution >= 0.6 is 11.8 Å². The molecule has 0 saturated carbocycles. The standard InChI is InChI=1S/C13H18N2O2S/c1-17-12-8-10(2-3-11(12)13(14)16)15-9-4-6-18-7-5-9/h2-3,8-9,15H,4-7H2,1H3,(H2,14,16). The fourth-order valence-electron chi connectivity index (χ4n) is 2.06. The Morgan fingerprint density at radius 2 is 2.17 bits per heavy atom. The average molecular weight is 266 g/mol. The van der Waals surface area contributed by atoms with Gasteiger partial charge in [-0.15, -0.1) is 0 Å².